The highest BCUT2D eigenvalue weighted by Gasteiger charge is 2.20. The Morgan fingerprint density at radius 1 is 1.36 bits per heavy atom. The molecule has 3 aromatic rings. The van der Waals surface area contributed by atoms with Gasteiger partial charge in [-0.25, -0.2) is 9.97 Å². The number of aryl methyl sites for hydroxylation is 1. The highest BCUT2D eigenvalue weighted by atomic mass is 16.5. The van der Waals surface area contributed by atoms with Crippen LogP contribution in [0.3, 0.4) is 0 Å². The lowest BCUT2D eigenvalue weighted by Crippen LogP contribution is -2.27. The number of pyridine rings is 2. The maximum atomic E-state index is 13.0. The van der Waals surface area contributed by atoms with E-state index in [0.717, 1.165) is 25.0 Å². The van der Waals surface area contributed by atoms with E-state index < -0.39 is 0 Å². The molecule has 1 aliphatic heterocycles. The zero-order valence-electron chi connectivity index (χ0n) is 16.0. The smallest absolute Gasteiger partial charge is 0.267 e. The van der Waals surface area contributed by atoms with Crippen molar-refractivity contribution in [1.29, 1.82) is 0 Å². The number of hydrogen-bond donors (Lipinski definition) is 2. The zero-order chi connectivity index (χ0) is 19.7. The first-order valence-corrected chi connectivity index (χ1v) is 9.54. The topological polar surface area (TPSA) is 97.6 Å². The van der Waals surface area contributed by atoms with Crippen molar-refractivity contribution >= 4 is 28.4 Å². The second-order valence-corrected chi connectivity index (χ2v) is 6.98. The van der Waals surface area contributed by atoms with Crippen molar-refractivity contribution in [3.63, 3.8) is 0 Å². The third-order valence-corrected chi connectivity index (χ3v) is 4.85. The summed E-state index contributed by atoms with van der Waals surface area (Å²) in [4.78, 5) is 34.6. The molecule has 1 aliphatic rings. The van der Waals surface area contributed by atoms with Crippen LogP contribution >= 0.6 is 0 Å². The number of rotatable bonds is 5. The molecule has 8 nitrogen and oxygen atoms in total. The monoisotopic (exact) mass is 381 g/mol. The van der Waals surface area contributed by atoms with Gasteiger partial charge in [0.25, 0.3) is 11.5 Å². The van der Waals surface area contributed by atoms with Crippen LogP contribution < -0.4 is 16.2 Å². The van der Waals surface area contributed by atoms with Crippen LogP contribution in [0.15, 0.2) is 29.2 Å². The Bertz CT molecular complexity index is 1100. The molecule has 2 N–H and O–H groups in total. The molecule has 1 fully saturated rings. The van der Waals surface area contributed by atoms with Gasteiger partial charge in [-0.2, -0.15) is 0 Å². The van der Waals surface area contributed by atoms with Crippen LogP contribution in [0.25, 0.3) is 16.7 Å². The molecule has 0 saturated carbocycles. The van der Waals surface area contributed by atoms with Crippen LogP contribution in [0.2, 0.25) is 0 Å². The van der Waals surface area contributed by atoms with Gasteiger partial charge in [0, 0.05) is 25.9 Å². The first-order valence-electron chi connectivity index (χ1n) is 9.54. The SMILES string of the molecule is CCNC(=O)c1cc2c(=O)n3cc(C)ccc3nc2nc1NC[C@H]1CCCO1. The van der Waals surface area contributed by atoms with Crippen molar-refractivity contribution in [3.8, 4) is 0 Å². The number of anilines is 1. The van der Waals surface area contributed by atoms with Crippen molar-refractivity contribution in [3.05, 3.63) is 45.9 Å². The van der Waals surface area contributed by atoms with Crippen LogP contribution in [-0.4, -0.2) is 46.1 Å². The maximum Gasteiger partial charge on any atom is 0.267 e. The molecule has 4 rings (SSSR count). The molecule has 28 heavy (non-hydrogen) atoms. The molecule has 3 aromatic heterocycles. The highest BCUT2D eigenvalue weighted by molar-refractivity contribution is 6.01. The summed E-state index contributed by atoms with van der Waals surface area (Å²) in [7, 11) is 0. The number of hydrogen-bond acceptors (Lipinski definition) is 6. The number of aromatic nitrogens is 3. The van der Waals surface area contributed by atoms with Crippen LogP contribution in [0.5, 0.6) is 0 Å². The molecule has 1 saturated heterocycles. The Balaban J connectivity index is 1.84. The number of amides is 1. The van der Waals surface area contributed by atoms with E-state index in [4.69, 9.17) is 4.74 Å². The highest BCUT2D eigenvalue weighted by Crippen LogP contribution is 2.20. The Kier molecular flexibility index (Phi) is 4.95. The third-order valence-electron chi connectivity index (χ3n) is 4.85. The average Bonchev–Trinajstić information content (AvgIpc) is 3.20. The Hall–Kier alpha value is -3.00. The first kappa shape index (κ1) is 18.4. The van der Waals surface area contributed by atoms with E-state index in [9.17, 15) is 9.59 Å². The van der Waals surface area contributed by atoms with Crippen LogP contribution in [0.1, 0.15) is 35.7 Å². The predicted molar refractivity (Wildman–Crippen MR) is 107 cm³/mol. The fourth-order valence-electron chi connectivity index (χ4n) is 3.42. The van der Waals surface area contributed by atoms with E-state index in [2.05, 4.69) is 20.6 Å². The third kappa shape index (κ3) is 3.43. The van der Waals surface area contributed by atoms with E-state index in [1.807, 2.05) is 19.9 Å². The van der Waals surface area contributed by atoms with E-state index in [1.54, 1.807) is 18.3 Å². The maximum absolute atomic E-state index is 13.0. The molecule has 0 aromatic carbocycles. The number of fused-ring (bicyclic) bond motifs is 2. The standard InChI is InChI=1S/C20H23N5O3/c1-3-21-19(26)14-9-15-18(24-17(14)22-10-13-5-4-8-28-13)23-16-7-6-12(2)11-25(16)20(15)27/h6-7,9,11,13H,3-5,8,10H2,1-2H3,(H,21,26)(H,22,24)/t13-/m1/s1. The molecule has 0 radical (unpaired) electrons. The van der Waals surface area contributed by atoms with E-state index >= 15 is 0 Å². The minimum absolute atomic E-state index is 0.0951. The molecular weight excluding hydrogens is 358 g/mol. The van der Waals surface area contributed by atoms with Crippen molar-refractivity contribution < 1.29 is 9.53 Å². The molecule has 0 spiro atoms. The van der Waals surface area contributed by atoms with Gasteiger partial charge in [0.15, 0.2) is 5.65 Å². The fraction of sp³-hybridized carbons (Fsp3) is 0.400. The normalized spacial score (nSPS) is 16.6. The van der Waals surface area contributed by atoms with Gasteiger partial charge < -0.3 is 15.4 Å². The lowest BCUT2D eigenvalue weighted by molar-refractivity contribution is 0.0956. The number of carbonyl (C=O) groups excluding carboxylic acids is 1. The second kappa shape index (κ2) is 7.55. The Morgan fingerprint density at radius 3 is 2.96 bits per heavy atom. The Morgan fingerprint density at radius 2 is 2.21 bits per heavy atom. The number of nitrogens with zero attached hydrogens (tertiary/aromatic N) is 3. The molecule has 1 atom stereocenters. The van der Waals surface area contributed by atoms with Gasteiger partial charge in [0.1, 0.15) is 11.5 Å². The van der Waals surface area contributed by atoms with Gasteiger partial charge in [-0.15, -0.1) is 0 Å². The predicted octanol–water partition coefficient (Wildman–Crippen LogP) is 1.89. The molecule has 146 valence electrons. The van der Waals surface area contributed by atoms with Crippen LogP contribution in [0.4, 0.5) is 5.82 Å². The number of ether oxygens (including phenoxy) is 1. The van der Waals surface area contributed by atoms with E-state index in [1.165, 1.54) is 4.40 Å². The first-order chi connectivity index (χ1) is 13.6. The second-order valence-electron chi connectivity index (χ2n) is 6.98. The molecule has 0 bridgehead atoms. The molecule has 0 unspecified atom stereocenters. The average molecular weight is 381 g/mol. The number of carbonyl (C=O) groups is 1. The zero-order valence-corrected chi connectivity index (χ0v) is 16.0. The number of nitrogens with one attached hydrogen (secondary N) is 2. The summed E-state index contributed by atoms with van der Waals surface area (Å²) in [5.74, 6) is 0.137. The van der Waals surface area contributed by atoms with E-state index in [-0.39, 0.29) is 17.6 Å². The summed E-state index contributed by atoms with van der Waals surface area (Å²) in [6.07, 6.45) is 3.84. The van der Waals surface area contributed by atoms with E-state index in [0.29, 0.717) is 41.2 Å². The lowest BCUT2D eigenvalue weighted by atomic mass is 10.1. The summed E-state index contributed by atoms with van der Waals surface area (Å²) < 4.78 is 7.12. The van der Waals surface area contributed by atoms with Gasteiger partial charge >= 0.3 is 0 Å². The molecular formula is C20H23N5O3. The quantitative estimate of drug-likeness (QED) is 0.655. The summed E-state index contributed by atoms with van der Waals surface area (Å²) >= 11 is 0. The summed E-state index contributed by atoms with van der Waals surface area (Å²) in [5, 5.41) is 6.31. The summed E-state index contributed by atoms with van der Waals surface area (Å²) in [6.45, 7) is 5.54. The van der Waals surface area contributed by atoms with Crippen molar-refractivity contribution in [2.75, 3.05) is 25.0 Å². The van der Waals surface area contributed by atoms with Crippen LogP contribution in [0, 0.1) is 6.92 Å². The molecule has 4 heterocycles. The lowest BCUT2D eigenvalue weighted by Gasteiger charge is -2.15. The van der Waals surface area contributed by atoms with Gasteiger partial charge in [0.05, 0.1) is 17.1 Å². The Labute approximate surface area is 161 Å². The van der Waals surface area contributed by atoms with Crippen molar-refractivity contribution in [2.45, 2.75) is 32.8 Å². The van der Waals surface area contributed by atoms with Crippen molar-refractivity contribution in [1.82, 2.24) is 19.7 Å². The molecule has 0 aliphatic carbocycles. The van der Waals surface area contributed by atoms with Crippen LogP contribution in [-0.2, 0) is 4.74 Å². The fourth-order valence-corrected chi connectivity index (χ4v) is 3.42. The van der Waals surface area contributed by atoms with Crippen molar-refractivity contribution in [2.24, 2.45) is 0 Å². The minimum Gasteiger partial charge on any atom is -0.376 e. The molecule has 8 heteroatoms. The van der Waals surface area contributed by atoms with Gasteiger partial charge in [-0.1, -0.05) is 6.07 Å². The van der Waals surface area contributed by atoms with Gasteiger partial charge in [-0.3, -0.25) is 14.0 Å². The largest absolute Gasteiger partial charge is 0.376 e. The van der Waals surface area contributed by atoms with Gasteiger partial charge in [-0.05, 0) is 44.4 Å². The minimum atomic E-state index is -0.277. The van der Waals surface area contributed by atoms with Gasteiger partial charge in [0.2, 0.25) is 0 Å². The summed E-state index contributed by atoms with van der Waals surface area (Å²) in [5.41, 5.74) is 1.87. The molecule has 1 amide bonds. The summed E-state index contributed by atoms with van der Waals surface area (Å²) in [6, 6.07) is 5.26.